The molecule has 0 unspecified atom stereocenters. The van der Waals surface area contributed by atoms with Gasteiger partial charge in [0.2, 0.25) is 0 Å². The number of rotatable bonds is 1. The molecule has 0 saturated carbocycles. The summed E-state index contributed by atoms with van der Waals surface area (Å²) in [5.74, 6) is 0. The second-order valence-corrected chi connectivity index (χ2v) is 4.08. The normalized spacial score (nSPS) is 9.71. The van der Waals surface area contributed by atoms with E-state index in [9.17, 15) is 0 Å². The van der Waals surface area contributed by atoms with E-state index in [1.165, 1.54) is 0 Å². The summed E-state index contributed by atoms with van der Waals surface area (Å²) in [6.45, 7) is 0. The zero-order valence-corrected chi connectivity index (χ0v) is 10.3. The van der Waals surface area contributed by atoms with Crippen molar-refractivity contribution in [2.45, 2.75) is 0 Å². The van der Waals surface area contributed by atoms with Crippen molar-refractivity contribution >= 4 is 57.8 Å². The lowest BCUT2D eigenvalue weighted by molar-refractivity contribution is 1.20. The van der Waals surface area contributed by atoms with E-state index in [4.69, 9.17) is 47.0 Å². The van der Waals surface area contributed by atoms with Gasteiger partial charge in [-0.15, -0.1) is 0 Å². The van der Waals surface area contributed by atoms with Crippen molar-refractivity contribution in [2.75, 3.05) is 12.4 Å². The third-order valence-electron chi connectivity index (χ3n) is 1.49. The molecule has 0 aliphatic rings. The fourth-order valence-electron chi connectivity index (χ4n) is 0.803. The summed E-state index contributed by atoms with van der Waals surface area (Å²) in [7, 11) is 1.71. The van der Waals surface area contributed by atoms with Crippen LogP contribution in [0, 0.1) is 0 Å². The van der Waals surface area contributed by atoms with Crippen LogP contribution in [0.15, 0.2) is 12.1 Å². The lowest BCUT2D eigenvalue weighted by atomic mass is 10.3. The molecule has 2 nitrogen and oxygen atoms in total. The summed E-state index contributed by atoms with van der Waals surface area (Å²) in [4.78, 5) is 0. The smallest absolute Gasteiger partial charge is 0.170 e. The van der Waals surface area contributed by atoms with Gasteiger partial charge >= 0.3 is 0 Å². The van der Waals surface area contributed by atoms with Gasteiger partial charge in [-0.2, -0.15) is 0 Å². The minimum Gasteiger partial charge on any atom is -0.366 e. The summed E-state index contributed by atoms with van der Waals surface area (Å²) in [5, 5.41) is 7.41. The van der Waals surface area contributed by atoms with Gasteiger partial charge in [-0.3, -0.25) is 0 Å². The number of nitrogens with one attached hydrogen (secondary N) is 2. The number of halogens is 3. The van der Waals surface area contributed by atoms with Crippen molar-refractivity contribution in [3.8, 4) is 0 Å². The van der Waals surface area contributed by atoms with Crippen LogP contribution in [0.3, 0.4) is 0 Å². The molecule has 6 heteroatoms. The first-order chi connectivity index (χ1) is 6.54. The SMILES string of the molecule is CNC(=S)Nc1cc(Cl)c(Cl)cc1Cl. The van der Waals surface area contributed by atoms with Crippen molar-refractivity contribution in [1.29, 1.82) is 0 Å². The minimum atomic E-state index is 0.414. The fourth-order valence-corrected chi connectivity index (χ4v) is 1.51. The van der Waals surface area contributed by atoms with Crippen molar-refractivity contribution in [1.82, 2.24) is 5.32 Å². The van der Waals surface area contributed by atoms with Crippen molar-refractivity contribution in [2.24, 2.45) is 0 Å². The van der Waals surface area contributed by atoms with Gasteiger partial charge in [0.05, 0.1) is 20.8 Å². The predicted octanol–water partition coefficient (Wildman–Crippen LogP) is 3.56. The van der Waals surface area contributed by atoms with E-state index in [0.29, 0.717) is 25.9 Å². The molecule has 1 aromatic carbocycles. The van der Waals surface area contributed by atoms with Gasteiger partial charge in [0.15, 0.2) is 5.11 Å². The predicted molar refractivity (Wildman–Crippen MR) is 66.8 cm³/mol. The molecule has 0 radical (unpaired) electrons. The standard InChI is InChI=1S/C8H7Cl3N2S/c1-12-8(14)13-7-3-5(10)4(9)2-6(7)11/h2-3H,1H3,(H2,12,13,14). The maximum Gasteiger partial charge on any atom is 0.170 e. The molecule has 2 N–H and O–H groups in total. The second kappa shape index (κ2) is 5.03. The summed E-state index contributed by atoms with van der Waals surface area (Å²) in [6.07, 6.45) is 0. The van der Waals surface area contributed by atoms with E-state index in [2.05, 4.69) is 10.6 Å². The first-order valence-corrected chi connectivity index (χ1v) is 5.22. The molecular weight excluding hydrogens is 263 g/mol. The van der Waals surface area contributed by atoms with Crippen molar-refractivity contribution in [3.63, 3.8) is 0 Å². The van der Waals surface area contributed by atoms with Gasteiger partial charge in [-0.05, 0) is 24.4 Å². The molecule has 0 aliphatic carbocycles. The zero-order valence-electron chi connectivity index (χ0n) is 7.20. The highest BCUT2D eigenvalue weighted by Gasteiger charge is 2.06. The van der Waals surface area contributed by atoms with Gasteiger partial charge < -0.3 is 10.6 Å². The lowest BCUT2D eigenvalue weighted by Crippen LogP contribution is -2.24. The van der Waals surface area contributed by atoms with Crippen LogP contribution in [0.4, 0.5) is 5.69 Å². The molecule has 0 heterocycles. The quantitative estimate of drug-likeness (QED) is 0.602. The van der Waals surface area contributed by atoms with Gasteiger partial charge in [-0.25, -0.2) is 0 Å². The third-order valence-corrected chi connectivity index (χ3v) is 2.83. The molecule has 14 heavy (non-hydrogen) atoms. The average Bonchev–Trinajstić information content (AvgIpc) is 2.14. The monoisotopic (exact) mass is 268 g/mol. The van der Waals surface area contributed by atoms with Crippen LogP contribution in [0.2, 0.25) is 15.1 Å². The number of benzene rings is 1. The molecule has 1 aromatic rings. The Balaban J connectivity index is 2.98. The summed E-state index contributed by atoms with van der Waals surface area (Å²) in [5.41, 5.74) is 0.625. The summed E-state index contributed by atoms with van der Waals surface area (Å²) < 4.78 is 0. The Hall–Kier alpha value is -0.220. The lowest BCUT2D eigenvalue weighted by Gasteiger charge is -2.09. The van der Waals surface area contributed by atoms with Crippen LogP contribution in [-0.2, 0) is 0 Å². The van der Waals surface area contributed by atoms with E-state index >= 15 is 0 Å². The van der Waals surface area contributed by atoms with Crippen molar-refractivity contribution < 1.29 is 0 Å². The summed E-state index contributed by atoms with van der Waals surface area (Å²) in [6, 6.07) is 3.18. The minimum absolute atomic E-state index is 0.414. The van der Waals surface area contributed by atoms with Crippen LogP contribution in [0.25, 0.3) is 0 Å². The highest BCUT2D eigenvalue weighted by atomic mass is 35.5. The Morgan fingerprint density at radius 1 is 1.14 bits per heavy atom. The summed E-state index contributed by atoms with van der Waals surface area (Å²) >= 11 is 22.4. The molecule has 0 saturated heterocycles. The zero-order chi connectivity index (χ0) is 10.7. The molecule has 76 valence electrons. The van der Waals surface area contributed by atoms with Gasteiger partial charge in [0.1, 0.15) is 0 Å². The van der Waals surface area contributed by atoms with Crippen LogP contribution < -0.4 is 10.6 Å². The van der Waals surface area contributed by atoms with Gasteiger partial charge in [-0.1, -0.05) is 34.8 Å². The molecule has 0 aliphatic heterocycles. The number of anilines is 1. The molecular formula is C8H7Cl3N2S. The van der Waals surface area contributed by atoms with Crippen LogP contribution in [-0.4, -0.2) is 12.2 Å². The topological polar surface area (TPSA) is 24.1 Å². The Morgan fingerprint density at radius 3 is 2.29 bits per heavy atom. The Kier molecular flexibility index (Phi) is 4.26. The van der Waals surface area contributed by atoms with E-state index < -0.39 is 0 Å². The first-order valence-electron chi connectivity index (χ1n) is 3.68. The fraction of sp³-hybridized carbons (Fsp3) is 0.125. The van der Waals surface area contributed by atoms with E-state index in [-0.39, 0.29) is 0 Å². The maximum absolute atomic E-state index is 5.91. The molecule has 1 rings (SSSR count). The number of hydrogen-bond donors (Lipinski definition) is 2. The first kappa shape index (κ1) is 11.9. The molecule has 0 spiro atoms. The number of hydrogen-bond acceptors (Lipinski definition) is 1. The molecule has 0 atom stereocenters. The molecule has 0 amide bonds. The molecule has 0 aromatic heterocycles. The second-order valence-electron chi connectivity index (χ2n) is 2.45. The van der Waals surface area contributed by atoms with E-state index in [1.807, 2.05) is 0 Å². The Morgan fingerprint density at radius 2 is 1.71 bits per heavy atom. The van der Waals surface area contributed by atoms with E-state index in [1.54, 1.807) is 19.2 Å². The average molecular weight is 270 g/mol. The molecule has 0 fully saturated rings. The Labute approximate surface area is 103 Å². The van der Waals surface area contributed by atoms with E-state index in [0.717, 1.165) is 0 Å². The largest absolute Gasteiger partial charge is 0.366 e. The third kappa shape index (κ3) is 2.89. The molecule has 0 bridgehead atoms. The maximum atomic E-state index is 5.91. The number of thiocarbonyl (C=S) groups is 1. The Bertz CT molecular complexity index is 368. The highest BCUT2D eigenvalue weighted by molar-refractivity contribution is 7.80. The van der Waals surface area contributed by atoms with Gasteiger partial charge in [0, 0.05) is 7.05 Å². The van der Waals surface area contributed by atoms with Crippen LogP contribution in [0.5, 0.6) is 0 Å². The highest BCUT2D eigenvalue weighted by Crippen LogP contribution is 2.32. The van der Waals surface area contributed by atoms with Gasteiger partial charge in [0.25, 0.3) is 0 Å². The van der Waals surface area contributed by atoms with Crippen LogP contribution >= 0.6 is 47.0 Å². The van der Waals surface area contributed by atoms with Crippen molar-refractivity contribution in [3.05, 3.63) is 27.2 Å². The van der Waals surface area contributed by atoms with Crippen LogP contribution in [0.1, 0.15) is 0 Å².